The fourth-order valence-corrected chi connectivity index (χ4v) is 2.57. The van der Waals surface area contributed by atoms with Gasteiger partial charge in [0.15, 0.2) is 0 Å². The lowest BCUT2D eigenvalue weighted by atomic mass is 10.1. The van der Waals surface area contributed by atoms with Crippen molar-refractivity contribution in [2.45, 2.75) is 18.9 Å². The van der Waals surface area contributed by atoms with E-state index in [0.29, 0.717) is 0 Å². The maximum absolute atomic E-state index is 12.3. The molecule has 1 amide bonds. The van der Waals surface area contributed by atoms with E-state index in [1.54, 1.807) is 6.07 Å². The monoisotopic (exact) mass is 316 g/mol. The molecule has 0 radical (unpaired) electrons. The molecule has 0 bridgehead atoms. The van der Waals surface area contributed by atoms with E-state index in [1.807, 2.05) is 0 Å². The summed E-state index contributed by atoms with van der Waals surface area (Å²) in [6, 6.07) is 4.43. The van der Waals surface area contributed by atoms with Crippen LogP contribution in [0.5, 0.6) is 0 Å². The fraction of sp³-hybridized carbons (Fsp3) is 0.357. The highest BCUT2D eigenvalue weighted by Crippen LogP contribution is 2.23. The Morgan fingerprint density at radius 1 is 1.39 bits per heavy atom. The molecule has 2 N–H and O–H groups in total. The maximum atomic E-state index is 12.3. The molecule has 3 rings (SSSR count). The number of rotatable bonds is 4. The molecular weight excluding hydrogens is 300 g/mol. The number of hydrogen-bond acceptors (Lipinski definition) is 6. The predicted octanol–water partition coefficient (Wildman–Crippen LogP) is 0.657. The number of benzene rings is 1. The van der Waals surface area contributed by atoms with Crippen LogP contribution in [0, 0.1) is 10.1 Å². The molecule has 1 aromatic carbocycles. The zero-order valence-corrected chi connectivity index (χ0v) is 12.3. The van der Waals surface area contributed by atoms with Crippen molar-refractivity contribution in [3.63, 3.8) is 0 Å². The average Bonchev–Trinajstić information content (AvgIpc) is 3.09. The predicted molar refractivity (Wildman–Crippen MR) is 81.4 cm³/mol. The first kappa shape index (κ1) is 15.1. The number of nitro groups is 1. The van der Waals surface area contributed by atoms with Crippen molar-refractivity contribution in [2.75, 3.05) is 13.1 Å². The number of nitrogens with zero attached hydrogens (tertiary/aromatic N) is 4. The van der Waals surface area contributed by atoms with Gasteiger partial charge in [0.25, 0.3) is 11.6 Å². The Hall–Kier alpha value is -2.81. The van der Waals surface area contributed by atoms with Crippen molar-refractivity contribution in [1.82, 2.24) is 25.4 Å². The molecule has 9 nitrogen and oxygen atoms in total. The van der Waals surface area contributed by atoms with E-state index in [1.165, 1.54) is 29.5 Å². The third-order valence-corrected chi connectivity index (χ3v) is 3.77. The highest BCUT2D eigenvalue weighted by atomic mass is 16.6. The quantitative estimate of drug-likeness (QED) is 0.632. The van der Waals surface area contributed by atoms with Gasteiger partial charge < -0.3 is 10.6 Å². The molecule has 1 aliphatic heterocycles. The average molecular weight is 316 g/mol. The summed E-state index contributed by atoms with van der Waals surface area (Å²) in [5, 5.41) is 21.3. The van der Waals surface area contributed by atoms with Gasteiger partial charge in [-0.05, 0) is 38.1 Å². The standard InChI is InChI=1S/C14H16N6O3/c21-14(18-11-3-5-15-6-4-11)10-1-2-12(13(7-10)20(22)23)19-9-16-8-17-19/h1-2,7-9,11,15H,3-6H2,(H,18,21). The zero-order valence-electron chi connectivity index (χ0n) is 12.3. The number of piperidine rings is 1. The van der Waals surface area contributed by atoms with Crippen LogP contribution in [0.25, 0.3) is 5.69 Å². The first-order chi connectivity index (χ1) is 11.1. The summed E-state index contributed by atoms with van der Waals surface area (Å²) in [7, 11) is 0. The van der Waals surface area contributed by atoms with Gasteiger partial charge in [0, 0.05) is 17.7 Å². The Labute approximate surface area is 131 Å². The van der Waals surface area contributed by atoms with Crippen LogP contribution in [0.4, 0.5) is 5.69 Å². The molecule has 23 heavy (non-hydrogen) atoms. The Bertz CT molecular complexity index is 709. The van der Waals surface area contributed by atoms with Gasteiger partial charge in [0.1, 0.15) is 18.3 Å². The van der Waals surface area contributed by atoms with Crippen LogP contribution in [-0.4, -0.2) is 44.7 Å². The van der Waals surface area contributed by atoms with Crippen LogP contribution in [0.15, 0.2) is 30.9 Å². The van der Waals surface area contributed by atoms with Gasteiger partial charge in [-0.1, -0.05) is 0 Å². The smallest absolute Gasteiger partial charge is 0.295 e. The maximum Gasteiger partial charge on any atom is 0.295 e. The molecule has 0 unspecified atom stereocenters. The van der Waals surface area contributed by atoms with Crippen LogP contribution in [-0.2, 0) is 0 Å². The fourth-order valence-electron chi connectivity index (χ4n) is 2.57. The van der Waals surface area contributed by atoms with Crippen LogP contribution < -0.4 is 10.6 Å². The number of hydrogen-bond donors (Lipinski definition) is 2. The Morgan fingerprint density at radius 3 is 2.83 bits per heavy atom. The zero-order chi connectivity index (χ0) is 16.2. The van der Waals surface area contributed by atoms with Crippen LogP contribution in [0.1, 0.15) is 23.2 Å². The summed E-state index contributed by atoms with van der Waals surface area (Å²) in [6.45, 7) is 1.71. The minimum absolute atomic E-state index is 0.0952. The second-order valence-electron chi connectivity index (χ2n) is 5.30. The van der Waals surface area contributed by atoms with Crippen LogP contribution in [0.2, 0.25) is 0 Å². The van der Waals surface area contributed by atoms with Crippen molar-refractivity contribution in [3.05, 3.63) is 46.5 Å². The number of nitrogens with one attached hydrogen (secondary N) is 2. The van der Waals surface area contributed by atoms with E-state index in [-0.39, 0.29) is 28.9 Å². The molecule has 9 heteroatoms. The Morgan fingerprint density at radius 2 is 2.17 bits per heavy atom. The molecule has 0 atom stereocenters. The second-order valence-corrected chi connectivity index (χ2v) is 5.30. The highest BCUT2D eigenvalue weighted by Gasteiger charge is 2.21. The van der Waals surface area contributed by atoms with Crippen molar-refractivity contribution in [2.24, 2.45) is 0 Å². The molecule has 120 valence electrons. The van der Waals surface area contributed by atoms with Gasteiger partial charge >= 0.3 is 0 Å². The van der Waals surface area contributed by atoms with Crippen LogP contribution in [0.3, 0.4) is 0 Å². The molecule has 0 spiro atoms. The van der Waals surface area contributed by atoms with E-state index in [2.05, 4.69) is 20.7 Å². The molecule has 1 fully saturated rings. The largest absolute Gasteiger partial charge is 0.349 e. The van der Waals surface area contributed by atoms with E-state index < -0.39 is 4.92 Å². The molecule has 0 aliphatic carbocycles. The van der Waals surface area contributed by atoms with Gasteiger partial charge in [-0.15, -0.1) is 0 Å². The first-order valence-electron chi connectivity index (χ1n) is 7.30. The number of amides is 1. The lowest BCUT2D eigenvalue weighted by Crippen LogP contribution is -2.42. The van der Waals surface area contributed by atoms with Crippen molar-refractivity contribution >= 4 is 11.6 Å². The summed E-state index contributed by atoms with van der Waals surface area (Å²) < 4.78 is 1.30. The number of nitro benzene ring substituents is 1. The highest BCUT2D eigenvalue weighted by molar-refractivity contribution is 5.95. The molecule has 2 aromatic rings. The third-order valence-electron chi connectivity index (χ3n) is 3.77. The minimum atomic E-state index is -0.529. The van der Waals surface area contributed by atoms with E-state index in [4.69, 9.17) is 0 Å². The normalized spacial score (nSPS) is 15.3. The van der Waals surface area contributed by atoms with Gasteiger partial charge in [-0.25, -0.2) is 9.67 Å². The van der Waals surface area contributed by atoms with Crippen molar-refractivity contribution in [1.29, 1.82) is 0 Å². The van der Waals surface area contributed by atoms with E-state index in [9.17, 15) is 14.9 Å². The number of carbonyl (C=O) groups is 1. The van der Waals surface area contributed by atoms with Gasteiger partial charge in [-0.3, -0.25) is 14.9 Å². The third kappa shape index (κ3) is 3.34. The van der Waals surface area contributed by atoms with Gasteiger partial charge in [-0.2, -0.15) is 5.10 Å². The topological polar surface area (TPSA) is 115 Å². The van der Waals surface area contributed by atoms with E-state index in [0.717, 1.165) is 25.9 Å². The Kier molecular flexibility index (Phi) is 4.29. The van der Waals surface area contributed by atoms with Crippen molar-refractivity contribution in [3.8, 4) is 5.69 Å². The van der Waals surface area contributed by atoms with Gasteiger partial charge in [0.2, 0.25) is 0 Å². The van der Waals surface area contributed by atoms with Crippen molar-refractivity contribution < 1.29 is 9.72 Å². The summed E-state index contributed by atoms with van der Waals surface area (Å²) in [4.78, 5) is 26.8. The minimum Gasteiger partial charge on any atom is -0.349 e. The second kappa shape index (κ2) is 6.53. The number of carbonyl (C=O) groups excluding carboxylic acids is 1. The number of aromatic nitrogens is 3. The molecule has 2 heterocycles. The lowest BCUT2D eigenvalue weighted by molar-refractivity contribution is -0.384. The first-order valence-corrected chi connectivity index (χ1v) is 7.30. The molecule has 1 saturated heterocycles. The Balaban J connectivity index is 1.84. The lowest BCUT2D eigenvalue weighted by Gasteiger charge is -2.23. The van der Waals surface area contributed by atoms with E-state index >= 15 is 0 Å². The molecule has 0 saturated carbocycles. The SMILES string of the molecule is O=C(NC1CCNCC1)c1ccc(-n2cncn2)c([N+](=O)[O-])c1. The summed E-state index contributed by atoms with van der Waals surface area (Å²) in [5.41, 5.74) is 0.346. The summed E-state index contributed by atoms with van der Waals surface area (Å²) in [5.74, 6) is -0.301. The summed E-state index contributed by atoms with van der Waals surface area (Å²) >= 11 is 0. The molecule has 1 aromatic heterocycles. The van der Waals surface area contributed by atoms with Gasteiger partial charge in [0.05, 0.1) is 4.92 Å². The molecular formula is C14H16N6O3. The summed E-state index contributed by atoms with van der Waals surface area (Å²) in [6.07, 6.45) is 4.37. The van der Waals surface area contributed by atoms with Crippen LogP contribution >= 0.6 is 0 Å². The molecule has 1 aliphatic rings.